The Morgan fingerprint density at radius 1 is 1.15 bits per heavy atom. The van der Waals surface area contributed by atoms with Gasteiger partial charge in [0.1, 0.15) is 0 Å². The molecule has 2 amide bonds. The highest BCUT2D eigenvalue weighted by atomic mass is 16.3. The van der Waals surface area contributed by atoms with Crippen LogP contribution in [-0.4, -0.2) is 33.6 Å². The number of urea groups is 1. The van der Waals surface area contributed by atoms with Gasteiger partial charge in [-0.3, -0.25) is 0 Å². The van der Waals surface area contributed by atoms with Crippen LogP contribution in [0, 0.1) is 0 Å². The molecular formula is C21H23N3O2. The standard InChI is InChI=1S/C21H23N3O2/c25-20(15-6-2-1-3-7-15)14-24(18-10-11-18)21(26)22-13-17-12-16-8-4-5-9-19(16)23-17/h1-9,12,18,20,23,25H,10-11,13-14H2,(H,22,26)/t20-/m0/s1. The van der Waals surface area contributed by atoms with E-state index in [0.29, 0.717) is 13.1 Å². The number of nitrogens with zero attached hydrogens (tertiary/aromatic N) is 1. The first kappa shape index (κ1) is 16.7. The number of rotatable bonds is 6. The summed E-state index contributed by atoms with van der Waals surface area (Å²) >= 11 is 0. The maximum atomic E-state index is 12.7. The fourth-order valence-corrected chi connectivity index (χ4v) is 3.25. The van der Waals surface area contributed by atoms with Crippen LogP contribution in [0.15, 0.2) is 60.7 Å². The lowest BCUT2D eigenvalue weighted by molar-refractivity contribution is 0.117. The van der Waals surface area contributed by atoms with Crippen LogP contribution >= 0.6 is 0 Å². The van der Waals surface area contributed by atoms with Gasteiger partial charge in [0.25, 0.3) is 0 Å². The summed E-state index contributed by atoms with van der Waals surface area (Å²) in [5.41, 5.74) is 2.87. The van der Waals surface area contributed by atoms with Crippen LogP contribution in [0.3, 0.4) is 0 Å². The van der Waals surface area contributed by atoms with Gasteiger partial charge in [-0.1, -0.05) is 48.5 Å². The fraction of sp³-hybridized carbons (Fsp3) is 0.286. The molecule has 0 spiro atoms. The largest absolute Gasteiger partial charge is 0.387 e. The summed E-state index contributed by atoms with van der Waals surface area (Å²) in [4.78, 5) is 17.8. The minimum atomic E-state index is -0.671. The third-order valence-electron chi connectivity index (χ3n) is 4.82. The summed E-state index contributed by atoms with van der Waals surface area (Å²) in [7, 11) is 0. The highest BCUT2D eigenvalue weighted by Crippen LogP contribution is 2.29. The molecule has 0 aliphatic heterocycles. The molecule has 1 fully saturated rings. The number of fused-ring (bicyclic) bond motifs is 1. The van der Waals surface area contributed by atoms with Crippen molar-refractivity contribution in [3.8, 4) is 0 Å². The number of aliphatic hydroxyl groups excluding tert-OH is 1. The van der Waals surface area contributed by atoms with E-state index >= 15 is 0 Å². The zero-order chi connectivity index (χ0) is 17.9. The van der Waals surface area contributed by atoms with E-state index in [1.165, 1.54) is 0 Å². The van der Waals surface area contributed by atoms with Crippen molar-refractivity contribution < 1.29 is 9.90 Å². The van der Waals surface area contributed by atoms with Gasteiger partial charge in [-0.2, -0.15) is 0 Å². The second-order valence-corrected chi connectivity index (χ2v) is 6.85. The van der Waals surface area contributed by atoms with Gasteiger partial charge in [-0.15, -0.1) is 0 Å². The number of aromatic amines is 1. The van der Waals surface area contributed by atoms with Gasteiger partial charge in [0.2, 0.25) is 0 Å². The number of H-pyrrole nitrogens is 1. The summed E-state index contributed by atoms with van der Waals surface area (Å²) in [5.74, 6) is 0. The quantitative estimate of drug-likeness (QED) is 0.637. The molecule has 3 aromatic rings. The second kappa shape index (κ2) is 7.22. The molecule has 3 N–H and O–H groups in total. The SMILES string of the molecule is O=C(NCc1cc2ccccc2[nH]1)N(C[C@H](O)c1ccccc1)C1CC1. The van der Waals surface area contributed by atoms with E-state index in [9.17, 15) is 9.90 Å². The van der Waals surface area contributed by atoms with E-state index in [4.69, 9.17) is 0 Å². The molecule has 4 rings (SSSR count). The zero-order valence-corrected chi connectivity index (χ0v) is 14.6. The number of benzene rings is 2. The number of hydrogen-bond donors (Lipinski definition) is 3. The Kier molecular flexibility index (Phi) is 4.63. The molecule has 0 radical (unpaired) electrons. The Bertz CT molecular complexity index is 853. The third kappa shape index (κ3) is 3.73. The molecule has 5 nitrogen and oxygen atoms in total. The molecule has 1 heterocycles. The lowest BCUT2D eigenvalue weighted by atomic mass is 10.1. The van der Waals surface area contributed by atoms with Crippen molar-refractivity contribution in [2.45, 2.75) is 31.5 Å². The molecule has 0 unspecified atom stereocenters. The summed E-state index contributed by atoms with van der Waals surface area (Å²) < 4.78 is 0. The topological polar surface area (TPSA) is 68.4 Å². The van der Waals surface area contributed by atoms with E-state index in [1.54, 1.807) is 4.90 Å². The van der Waals surface area contributed by atoms with Crippen molar-refractivity contribution in [3.63, 3.8) is 0 Å². The number of aliphatic hydroxyl groups is 1. The molecule has 134 valence electrons. The molecule has 0 saturated heterocycles. The summed E-state index contributed by atoms with van der Waals surface area (Å²) in [6.45, 7) is 0.755. The summed E-state index contributed by atoms with van der Waals surface area (Å²) in [6.07, 6.45) is 1.33. The number of nitrogens with one attached hydrogen (secondary N) is 2. The molecule has 1 atom stereocenters. The number of aromatic nitrogens is 1. The predicted octanol–water partition coefficient (Wildman–Crippen LogP) is 3.58. The Hall–Kier alpha value is -2.79. The Labute approximate surface area is 152 Å². The predicted molar refractivity (Wildman–Crippen MR) is 102 cm³/mol. The lowest BCUT2D eigenvalue weighted by Crippen LogP contribution is -2.43. The van der Waals surface area contributed by atoms with Gasteiger partial charge < -0.3 is 20.3 Å². The second-order valence-electron chi connectivity index (χ2n) is 6.85. The first-order valence-corrected chi connectivity index (χ1v) is 9.05. The van der Waals surface area contributed by atoms with Crippen molar-refractivity contribution in [2.75, 3.05) is 6.54 Å². The van der Waals surface area contributed by atoms with Gasteiger partial charge in [-0.25, -0.2) is 4.79 Å². The number of carbonyl (C=O) groups excluding carboxylic acids is 1. The average Bonchev–Trinajstić information content (AvgIpc) is 3.43. The Balaban J connectivity index is 1.39. The van der Waals surface area contributed by atoms with Crippen molar-refractivity contribution in [3.05, 3.63) is 71.9 Å². The van der Waals surface area contributed by atoms with Gasteiger partial charge in [-0.05, 0) is 35.9 Å². The molecule has 5 heteroatoms. The van der Waals surface area contributed by atoms with Gasteiger partial charge in [0.15, 0.2) is 0 Å². The molecule has 1 aliphatic rings. The van der Waals surface area contributed by atoms with Crippen LogP contribution in [0.1, 0.15) is 30.2 Å². The lowest BCUT2D eigenvalue weighted by Gasteiger charge is -2.25. The zero-order valence-electron chi connectivity index (χ0n) is 14.6. The first-order valence-electron chi connectivity index (χ1n) is 9.05. The maximum absolute atomic E-state index is 12.7. The van der Waals surface area contributed by atoms with Crippen molar-refractivity contribution >= 4 is 16.9 Å². The van der Waals surface area contributed by atoms with Crippen LogP contribution in [0.2, 0.25) is 0 Å². The molecule has 2 aromatic carbocycles. The van der Waals surface area contributed by atoms with E-state index < -0.39 is 6.10 Å². The summed E-state index contributed by atoms with van der Waals surface area (Å²) in [6, 6.07) is 19.7. The van der Waals surface area contributed by atoms with Gasteiger partial charge in [0, 0.05) is 17.3 Å². The average molecular weight is 349 g/mol. The highest BCUT2D eigenvalue weighted by molar-refractivity contribution is 5.80. The Morgan fingerprint density at radius 3 is 2.62 bits per heavy atom. The van der Waals surface area contributed by atoms with E-state index in [2.05, 4.69) is 16.4 Å². The Morgan fingerprint density at radius 2 is 1.88 bits per heavy atom. The van der Waals surface area contributed by atoms with E-state index in [0.717, 1.165) is 35.0 Å². The number of carbonyl (C=O) groups is 1. The smallest absolute Gasteiger partial charge is 0.318 e. The first-order chi connectivity index (χ1) is 12.7. The number of hydrogen-bond acceptors (Lipinski definition) is 2. The maximum Gasteiger partial charge on any atom is 0.318 e. The van der Waals surface area contributed by atoms with E-state index in [1.807, 2.05) is 54.6 Å². The van der Waals surface area contributed by atoms with Crippen LogP contribution in [-0.2, 0) is 6.54 Å². The highest BCUT2D eigenvalue weighted by Gasteiger charge is 2.34. The molecular weight excluding hydrogens is 326 g/mol. The van der Waals surface area contributed by atoms with E-state index in [-0.39, 0.29) is 12.1 Å². The number of amides is 2. The monoisotopic (exact) mass is 349 g/mol. The molecule has 1 saturated carbocycles. The van der Waals surface area contributed by atoms with Gasteiger partial charge >= 0.3 is 6.03 Å². The molecule has 1 aromatic heterocycles. The van der Waals surface area contributed by atoms with Gasteiger partial charge in [0.05, 0.1) is 19.2 Å². The summed E-state index contributed by atoms with van der Waals surface area (Å²) in [5, 5.41) is 14.6. The molecule has 0 bridgehead atoms. The van der Waals surface area contributed by atoms with Crippen LogP contribution < -0.4 is 5.32 Å². The van der Waals surface area contributed by atoms with Crippen molar-refractivity contribution in [1.82, 2.24) is 15.2 Å². The fourth-order valence-electron chi connectivity index (χ4n) is 3.25. The van der Waals surface area contributed by atoms with Crippen LogP contribution in [0.25, 0.3) is 10.9 Å². The minimum Gasteiger partial charge on any atom is -0.387 e. The van der Waals surface area contributed by atoms with Crippen molar-refractivity contribution in [2.24, 2.45) is 0 Å². The number of para-hydroxylation sites is 1. The van der Waals surface area contributed by atoms with Crippen LogP contribution in [0.4, 0.5) is 4.79 Å². The normalized spacial score (nSPS) is 15.0. The minimum absolute atomic E-state index is 0.124. The third-order valence-corrected chi connectivity index (χ3v) is 4.82. The molecule has 1 aliphatic carbocycles. The van der Waals surface area contributed by atoms with Crippen molar-refractivity contribution in [1.29, 1.82) is 0 Å². The van der Waals surface area contributed by atoms with Crippen LogP contribution in [0.5, 0.6) is 0 Å². The molecule has 26 heavy (non-hydrogen) atoms.